The zero-order valence-electron chi connectivity index (χ0n) is 21.2. The van der Waals surface area contributed by atoms with Crippen LogP contribution in [0.4, 0.5) is 4.39 Å². The molecule has 4 rings (SSSR count). The second-order valence-electron chi connectivity index (χ2n) is 9.51. The molecule has 37 heavy (non-hydrogen) atoms. The van der Waals surface area contributed by atoms with Crippen LogP contribution < -0.4 is 10.9 Å². The summed E-state index contributed by atoms with van der Waals surface area (Å²) in [5.41, 5.74) is 3.80. The van der Waals surface area contributed by atoms with Crippen LogP contribution in [-0.2, 0) is 17.7 Å². The SMILES string of the molecule is COC1CN(Cc2ccc(C#Cc3ccc([C@H](CN[C@@H](C)CF)Cc4nc[nH]c(=O)c4O)cc3)cc2)C1. The van der Waals surface area contributed by atoms with Crippen molar-refractivity contribution >= 4 is 0 Å². The van der Waals surface area contributed by atoms with Crippen LogP contribution in [0.1, 0.15) is 40.8 Å². The molecule has 1 aliphatic heterocycles. The first kappa shape index (κ1) is 26.6. The number of hydrogen-bond donors (Lipinski definition) is 3. The highest BCUT2D eigenvalue weighted by Crippen LogP contribution is 2.23. The van der Waals surface area contributed by atoms with Gasteiger partial charge in [0, 0.05) is 62.8 Å². The van der Waals surface area contributed by atoms with Gasteiger partial charge in [-0.15, -0.1) is 0 Å². The summed E-state index contributed by atoms with van der Waals surface area (Å²) in [5, 5.41) is 13.3. The van der Waals surface area contributed by atoms with Crippen LogP contribution in [0, 0.1) is 11.8 Å². The Morgan fingerprint density at radius 1 is 1.16 bits per heavy atom. The summed E-state index contributed by atoms with van der Waals surface area (Å²) >= 11 is 0. The highest BCUT2D eigenvalue weighted by Gasteiger charge is 2.25. The number of ether oxygens (including phenoxy) is 1. The van der Waals surface area contributed by atoms with Crippen molar-refractivity contribution in [3.63, 3.8) is 0 Å². The summed E-state index contributed by atoms with van der Waals surface area (Å²) in [4.78, 5) is 20.6. The third-order valence-corrected chi connectivity index (χ3v) is 6.64. The number of aromatic nitrogens is 2. The van der Waals surface area contributed by atoms with E-state index < -0.39 is 12.2 Å². The van der Waals surface area contributed by atoms with Crippen molar-refractivity contribution in [3.8, 4) is 17.6 Å². The fraction of sp³-hybridized carbons (Fsp3) is 0.379. The van der Waals surface area contributed by atoms with Gasteiger partial charge in [-0.1, -0.05) is 36.1 Å². The third-order valence-electron chi connectivity index (χ3n) is 6.64. The molecule has 3 N–H and O–H groups in total. The van der Waals surface area contributed by atoms with E-state index in [1.807, 2.05) is 36.4 Å². The summed E-state index contributed by atoms with van der Waals surface area (Å²) in [6.45, 7) is 4.62. The molecule has 7 nitrogen and oxygen atoms in total. The van der Waals surface area contributed by atoms with E-state index in [1.54, 1.807) is 14.0 Å². The summed E-state index contributed by atoms with van der Waals surface area (Å²) in [7, 11) is 1.76. The summed E-state index contributed by atoms with van der Waals surface area (Å²) in [6.07, 6.45) is 1.97. The minimum atomic E-state index is -0.576. The van der Waals surface area contributed by atoms with E-state index in [4.69, 9.17) is 4.74 Å². The van der Waals surface area contributed by atoms with Crippen LogP contribution in [0.2, 0.25) is 0 Å². The molecule has 1 fully saturated rings. The van der Waals surface area contributed by atoms with Gasteiger partial charge >= 0.3 is 0 Å². The molecular weight excluding hydrogens is 471 g/mol. The van der Waals surface area contributed by atoms with E-state index in [2.05, 4.69) is 44.2 Å². The number of nitrogens with zero attached hydrogens (tertiary/aromatic N) is 2. The maximum absolute atomic E-state index is 13.0. The molecule has 2 atom stereocenters. The lowest BCUT2D eigenvalue weighted by atomic mass is 9.92. The van der Waals surface area contributed by atoms with Crippen molar-refractivity contribution in [2.75, 3.05) is 33.4 Å². The van der Waals surface area contributed by atoms with Crippen LogP contribution in [0.3, 0.4) is 0 Å². The van der Waals surface area contributed by atoms with Crippen molar-refractivity contribution in [3.05, 3.63) is 93.2 Å². The number of H-pyrrole nitrogens is 1. The first-order valence-electron chi connectivity index (χ1n) is 12.5. The average molecular weight is 505 g/mol. The second-order valence-corrected chi connectivity index (χ2v) is 9.51. The molecule has 1 aliphatic rings. The van der Waals surface area contributed by atoms with Gasteiger partial charge in [-0.25, -0.2) is 9.37 Å². The predicted octanol–water partition coefficient (Wildman–Crippen LogP) is 2.98. The Kier molecular flexibility index (Phi) is 9.07. The van der Waals surface area contributed by atoms with Crippen molar-refractivity contribution in [1.29, 1.82) is 0 Å². The molecule has 0 bridgehead atoms. The number of methoxy groups -OCH3 is 1. The number of alkyl halides is 1. The Morgan fingerprint density at radius 2 is 1.81 bits per heavy atom. The lowest BCUT2D eigenvalue weighted by Crippen LogP contribution is -2.50. The zero-order valence-corrected chi connectivity index (χ0v) is 21.2. The summed E-state index contributed by atoms with van der Waals surface area (Å²) < 4.78 is 18.3. The number of benzene rings is 2. The first-order valence-corrected chi connectivity index (χ1v) is 12.5. The van der Waals surface area contributed by atoms with E-state index in [0.717, 1.165) is 36.3 Å². The topological polar surface area (TPSA) is 90.5 Å². The van der Waals surface area contributed by atoms with Crippen LogP contribution >= 0.6 is 0 Å². The lowest BCUT2D eigenvalue weighted by Gasteiger charge is -2.38. The molecule has 194 valence electrons. The zero-order chi connectivity index (χ0) is 26.2. The lowest BCUT2D eigenvalue weighted by molar-refractivity contribution is -0.0333. The third kappa shape index (κ3) is 7.26. The number of rotatable bonds is 10. The molecule has 8 heteroatoms. The number of aromatic hydroxyl groups is 1. The number of hydrogen-bond acceptors (Lipinski definition) is 6. The smallest absolute Gasteiger partial charge is 0.293 e. The molecule has 0 spiro atoms. The average Bonchev–Trinajstić information content (AvgIpc) is 2.90. The van der Waals surface area contributed by atoms with Gasteiger partial charge in [-0.2, -0.15) is 0 Å². The molecule has 0 amide bonds. The maximum Gasteiger partial charge on any atom is 0.293 e. The monoisotopic (exact) mass is 504 g/mol. The Balaban J connectivity index is 1.42. The molecule has 1 aromatic heterocycles. The second kappa shape index (κ2) is 12.6. The molecule has 0 aliphatic carbocycles. The van der Waals surface area contributed by atoms with E-state index >= 15 is 0 Å². The highest BCUT2D eigenvalue weighted by molar-refractivity contribution is 5.44. The maximum atomic E-state index is 13.0. The molecule has 0 saturated carbocycles. The number of nitrogens with one attached hydrogen (secondary N) is 2. The van der Waals surface area contributed by atoms with E-state index in [0.29, 0.717) is 24.8 Å². The molecule has 0 unspecified atom stereocenters. The first-order chi connectivity index (χ1) is 17.9. The molecule has 3 aromatic rings. The molecule has 2 aromatic carbocycles. The van der Waals surface area contributed by atoms with Crippen LogP contribution in [0.25, 0.3) is 0 Å². The largest absolute Gasteiger partial charge is 0.502 e. The van der Waals surface area contributed by atoms with Gasteiger partial charge in [0.05, 0.1) is 18.1 Å². The van der Waals surface area contributed by atoms with Crippen molar-refractivity contribution in [2.24, 2.45) is 0 Å². The van der Waals surface area contributed by atoms with E-state index in [9.17, 15) is 14.3 Å². The van der Waals surface area contributed by atoms with Crippen LogP contribution in [0.15, 0.2) is 59.7 Å². The van der Waals surface area contributed by atoms with Crippen molar-refractivity contribution in [1.82, 2.24) is 20.2 Å². The number of likely N-dealkylation sites (tertiary alicyclic amines) is 1. The van der Waals surface area contributed by atoms with Crippen molar-refractivity contribution in [2.45, 2.75) is 38.0 Å². The molecule has 0 radical (unpaired) electrons. The minimum absolute atomic E-state index is 0.116. The Bertz CT molecular complexity index is 1280. The number of halogens is 1. The van der Waals surface area contributed by atoms with Gasteiger partial charge in [-0.05, 0) is 42.3 Å². The quantitative estimate of drug-likeness (QED) is 0.368. The van der Waals surface area contributed by atoms with Gasteiger partial charge in [0.2, 0.25) is 5.75 Å². The van der Waals surface area contributed by atoms with Crippen molar-refractivity contribution < 1.29 is 14.2 Å². The highest BCUT2D eigenvalue weighted by atomic mass is 19.1. The normalized spacial score (nSPS) is 15.4. The van der Waals surface area contributed by atoms with E-state index in [-0.39, 0.29) is 17.7 Å². The van der Waals surface area contributed by atoms with Gasteiger partial charge in [0.1, 0.15) is 6.67 Å². The standard InChI is InChI=1S/C29H33FN4O3/c1-20(14-30)31-15-25(13-27-28(35)29(36)33-19-32-27)24-11-9-22(10-12-24)4-3-21-5-7-23(8-6-21)16-34-17-26(18-34)37-2/h5-12,19-20,25-26,31,35H,13-18H2,1-2H3,(H,32,33,36)/t20-,25-/m0/s1. The molecular formula is C29H33FN4O3. The molecule has 2 heterocycles. The van der Waals surface area contributed by atoms with Gasteiger partial charge in [0.25, 0.3) is 5.56 Å². The van der Waals surface area contributed by atoms with Crippen LogP contribution in [-0.4, -0.2) is 65.5 Å². The summed E-state index contributed by atoms with van der Waals surface area (Å²) in [6, 6.07) is 15.9. The van der Waals surface area contributed by atoms with Gasteiger partial charge < -0.3 is 20.1 Å². The fourth-order valence-electron chi connectivity index (χ4n) is 4.25. The summed E-state index contributed by atoms with van der Waals surface area (Å²) in [5.74, 6) is 5.92. The van der Waals surface area contributed by atoms with Gasteiger partial charge in [-0.3, -0.25) is 9.69 Å². The Labute approximate surface area is 216 Å². The van der Waals surface area contributed by atoms with Crippen LogP contribution in [0.5, 0.6) is 5.75 Å². The predicted molar refractivity (Wildman–Crippen MR) is 141 cm³/mol. The molecule has 1 saturated heterocycles. The number of aromatic amines is 1. The Morgan fingerprint density at radius 3 is 2.43 bits per heavy atom. The minimum Gasteiger partial charge on any atom is -0.502 e. The Hall–Kier alpha value is -3.51. The van der Waals surface area contributed by atoms with E-state index in [1.165, 1.54) is 11.9 Å². The fourth-order valence-corrected chi connectivity index (χ4v) is 4.25. The van der Waals surface area contributed by atoms with Gasteiger partial charge in [0.15, 0.2) is 0 Å².